The van der Waals surface area contributed by atoms with Gasteiger partial charge in [-0.2, -0.15) is 5.26 Å². The predicted molar refractivity (Wildman–Crippen MR) is 98.7 cm³/mol. The molecule has 2 aromatic carbocycles. The van der Waals surface area contributed by atoms with Crippen molar-refractivity contribution in [2.45, 2.75) is 16.2 Å². The summed E-state index contributed by atoms with van der Waals surface area (Å²) in [4.78, 5) is 1.24. The molecule has 0 saturated carbocycles. The smallest absolute Gasteiger partial charge is 0.263 e. The molecule has 0 heterocycles. The van der Waals surface area contributed by atoms with Crippen molar-refractivity contribution < 1.29 is 8.42 Å². The lowest BCUT2D eigenvalue weighted by atomic mass is 10.1. The Labute approximate surface area is 147 Å². The zero-order valence-electron chi connectivity index (χ0n) is 13.3. The van der Waals surface area contributed by atoms with Crippen LogP contribution in [0.1, 0.15) is 5.56 Å². The molecular formula is C18H18N2O2S2. The molecule has 4 nitrogen and oxygen atoms in total. The molecule has 0 bridgehead atoms. The van der Waals surface area contributed by atoms with Gasteiger partial charge in [0, 0.05) is 4.90 Å². The second-order valence-corrected chi connectivity index (χ2v) is 7.74. The largest absolute Gasteiger partial charge is 0.264 e. The lowest BCUT2D eigenvalue weighted by Crippen LogP contribution is -2.31. The maximum atomic E-state index is 13.0. The van der Waals surface area contributed by atoms with Crippen LogP contribution >= 0.6 is 11.8 Å². The SMILES string of the molecule is C=CCN(c1ccc(CC#N)cc1)S(=O)(=O)c1ccc(SC)cc1. The van der Waals surface area contributed by atoms with E-state index in [9.17, 15) is 8.42 Å². The summed E-state index contributed by atoms with van der Waals surface area (Å²) in [5, 5.41) is 8.73. The van der Waals surface area contributed by atoms with Crippen molar-refractivity contribution in [1.82, 2.24) is 0 Å². The standard InChI is InChI=1S/C18H18N2O2S2/c1-3-14-20(16-6-4-15(5-7-16)12-13-19)24(21,22)18-10-8-17(23-2)9-11-18/h3-11H,1,12,14H2,2H3. The molecule has 0 amide bonds. The Morgan fingerprint density at radius 1 is 1.17 bits per heavy atom. The van der Waals surface area contributed by atoms with Crippen molar-refractivity contribution in [1.29, 1.82) is 5.26 Å². The molecular weight excluding hydrogens is 340 g/mol. The number of nitrogens with zero attached hydrogens (tertiary/aromatic N) is 2. The highest BCUT2D eigenvalue weighted by Crippen LogP contribution is 2.25. The average Bonchev–Trinajstić information content (AvgIpc) is 2.61. The number of hydrogen-bond donors (Lipinski definition) is 0. The Bertz CT molecular complexity index is 836. The second kappa shape index (κ2) is 8.04. The van der Waals surface area contributed by atoms with Crippen molar-refractivity contribution in [2.24, 2.45) is 0 Å². The zero-order chi connectivity index (χ0) is 17.6. The number of thioether (sulfide) groups is 1. The molecule has 0 unspecified atom stereocenters. The number of sulfonamides is 1. The van der Waals surface area contributed by atoms with Gasteiger partial charge in [-0.15, -0.1) is 18.3 Å². The van der Waals surface area contributed by atoms with E-state index in [1.165, 1.54) is 4.31 Å². The summed E-state index contributed by atoms with van der Waals surface area (Å²) >= 11 is 1.56. The lowest BCUT2D eigenvalue weighted by Gasteiger charge is -2.23. The minimum atomic E-state index is -3.68. The van der Waals surface area contributed by atoms with Crippen molar-refractivity contribution in [2.75, 3.05) is 17.1 Å². The van der Waals surface area contributed by atoms with E-state index in [0.29, 0.717) is 12.1 Å². The molecule has 6 heteroatoms. The summed E-state index contributed by atoms with van der Waals surface area (Å²) in [6, 6.07) is 15.8. The Morgan fingerprint density at radius 3 is 2.29 bits per heavy atom. The minimum absolute atomic E-state index is 0.171. The summed E-state index contributed by atoms with van der Waals surface area (Å²) in [5.41, 5.74) is 1.40. The van der Waals surface area contributed by atoms with Crippen LogP contribution in [0.4, 0.5) is 5.69 Å². The van der Waals surface area contributed by atoms with Gasteiger partial charge in [0.1, 0.15) is 0 Å². The number of anilines is 1. The van der Waals surface area contributed by atoms with Crippen molar-refractivity contribution >= 4 is 27.5 Å². The number of nitriles is 1. The van der Waals surface area contributed by atoms with E-state index < -0.39 is 10.0 Å². The Balaban J connectivity index is 2.40. The Morgan fingerprint density at radius 2 is 1.79 bits per heavy atom. The first-order chi connectivity index (χ1) is 11.5. The first-order valence-corrected chi connectivity index (χ1v) is 9.93. The summed E-state index contributed by atoms with van der Waals surface area (Å²) in [7, 11) is -3.68. The van der Waals surface area contributed by atoms with Crippen LogP contribution in [0.3, 0.4) is 0 Å². The molecule has 0 atom stereocenters. The van der Waals surface area contributed by atoms with E-state index in [0.717, 1.165) is 10.5 Å². The number of rotatable bonds is 7. The highest BCUT2D eigenvalue weighted by atomic mass is 32.2. The van der Waals surface area contributed by atoms with Crippen LogP contribution in [0, 0.1) is 11.3 Å². The summed E-state index contributed by atoms with van der Waals surface area (Å²) in [6.45, 7) is 3.83. The maximum Gasteiger partial charge on any atom is 0.264 e. The summed E-state index contributed by atoms with van der Waals surface area (Å²) < 4.78 is 27.2. The van der Waals surface area contributed by atoms with Crippen LogP contribution in [0.15, 0.2) is 71.0 Å². The molecule has 0 aromatic heterocycles. The third-order valence-electron chi connectivity index (χ3n) is 3.45. The quantitative estimate of drug-likeness (QED) is 0.557. The molecule has 124 valence electrons. The van der Waals surface area contributed by atoms with E-state index >= 15 is 0 Å². The topological polar surface area (TPSA) is 61.2 Å². The normalized spacial score (nSPS) is 10.8. The van der Waals surface area contributed by atoms with Gasteiger partial charge in [-0.25, -0.2) is 8.42 Å². The molecule has 24 heavy (non-hydrogen) atoms. The molecule has 0 N–H and O–H groups in total. The van der Waals surface area contributed by atoms with Gasteiger partial charge >= 0.3 is 0 Å². The van der Waals surface area contributed by atoms with Gasteiger partial charge in [-0.1, -0.05) is 18.2 Å². The van der Waals surface area contributed by atoms with E-state index in [-0.39, 0.29) is 11.4 Å². The monoisotopic (exact) mass is 358 g/mol. The highest BCUT2D eigenvalue weighted by molar-refractivity contribution is 7.98. The molecule has 0 radical (unpaired) electrons. The summed E-state index contributed by atoms with van der Waals surface area (Å²) in [6.07, 6.45) is 3.79. The van der Waals surface area contributed by atoms with Crippen molar-refractivity contribution in [3.63, 3.8) is 0 Å². The van der Waals surface area contributed by atoms with E-state index in [1.54, 1.807) is 66.4 Å². The first-order valence-electron chi connectivity index (χ1n) is 7.26. The highest BCUT2D eigenvalue weighted by Gasteiger charge is 2.23. The van der Waals surface area contributed by atoms with Gasteiger partial charge in [0.05, 0.1) is 29.6 Å². The fourth-order valence-corrected chi connectivity index (χ4v) is 4.05. The van der Waals surface area contributed by atoms with Crippen molar-refractivity contribution in [3.05, 3.63) is 66.7 Å². The van der Waals surface area contributed by atoms with Gasteiger partial charge in [-0.3, -0.25) is 4.31 Å². The van der Waals surface area contributed by atoms with Crippen LogP contribution in [0.25, 0.3) is 0 Å². The Hall–Kier alpha value is -2.23. The molecule has 0 aliphatic carbocycles. The second-order valence-electron chi connectivity index (χ2n) is 5.00. The van der Waals surface area contributed by atoms with Crippen molar-refractivity contribution in [3.8, 4) is 6.07 Å². The number of hydrogen-bond acceptors (Lipinski definition) is 4. The molecule has 0 aliphatic rings. The molecule has 0 saturated heterocycles. The van der Waals surface area contributed by atoms with Gasteiger partial charge in [0.2, 0.25) is 0 Å². The van der Waals surface area contributed by atoms with Gasteiger partial charge in [-0.05, 0) is 48.2 Å². The minimum Gasteiger partial charge on any atom is -0.263 e. The molecule has 2 aromatic rings. The van der Waals surface area contributed by atoms with E-state index in [4.69, 9.17) is 5.26 Å². The third-order valence-corrected chi connectivity index (χ3v) is 6.00. The fraction of sp³-hybridized carbons (Fsp3) is 0.167. The van der Waals surface area contributed by atoms with Crippen LogP contribution in [-0.4, -0.2) is 21.2 Å². The lowest BCUT2D eigenvalue weighted by molar-refractivity contribution is 0.593. The third kappa shape index (κ3) is 3.99. The molecule has 0 aliphatic heterocycles. The first kappa shape index (κ1) is 18.1. The van der Waals surface area contributed by atoms with E-state index in [1.807, 2.05) is 6.26 Å². The van der Waals surface area contributed by atoms with Gasteiger partial charge < -0.3 is 0 Å². The molecule has 2 rings (SSSR count). The summed E-state index contributed by atoms with van der Waals surface area (Å²) in [5.74, 6) is 0. The van der Waals surface area contributed by atoms with Crippen LogP contribution in [0.5, 0.6) is 0 Å². The van der Waals surface area contributed by atoms with Crippen LogP contribution < -0.4 is 4.31 Å². The van der Waals surface area contributed by atoms with Crippen LogP contribution in [-0.2, 0) is 16.4 Å². The number of benzene rings is 2. The maximum absolute atomic E-state index is 13.0. The average molecular weight is 358 g/mol. The zero-order valence-corrected chi connectivity index (χ0v) is 15.0. The molecule has 0 spiro atoms. The van der Waals surface area contributed by atoms with Crippen LogP contribution in [0.2, 0.25) is 0 Å². The van der Waals surface area contributed by atoms with Gasteiger partial charge in [0.25, 0.3) is 10.0 Å². The molecule has 0 fully saturated rings. The predicted octanol–water partition coefficient (Wildman–Crippen LogP) is 3.86. The van der Waals surface area contributed by atoms with Gasteiger partial charge in [0.15, 0.2) is 0 Å². The fourth-order valence-electron chi connectivity index (χ4n) is 2.21. The van der Waals surface area contributed by atoms with E-state index in [2.05, 4.69) is 12.6 Å². The Kier molecular flexibility index (Phi) is 6.07.